The van der Waals surface area contributed by atoms with Crippen molar-refractivity contribution < 1.29 is 4.39 Å². The summed E-state index contributed by atoms with van der Waals surface area (Å²) in [6.45, 7) is 8.20. The summed E-state index contributed by atoms with van der Waals surface area (Å²) in [7, 11) is 0. The van der Waals surface area contributed by atoms with Crippen LogP contribution in [0.3, 0.4) is 0 Å². The Hall–Kier alpha value is -0.930. The highest BCUT2D eigenvalue weighted by atomic mass is 19.1. The smallest absolute Gasteiger partial charge is 0.123 e. The molecule has 0 aromatic heterocycles. The van der Waals surface area contributed by atoms with Gasteiger partial charge in [0.05, 0.1) is 0 Å². The SMILES string of the molecule is CC(Cc1ccc(F)cc1)NCC(CN)C(C)C. The molecule has 2 unspecified atom stereocenters. The minimum absolute atomic E-state index is 0.178. The molecule has 0 bridgehead atoms. The Morgan fingerprint density at radius 3 is 2.28 bits per heavy atom. The van der Waals surface area contributed by atoms with E-state index in [0.29, 0.717) is 24.4 Å². The van der Waals surface area contributed by atoms with E-state index in [9.17, 15) is 4.39 Å². The van der Waals surface area contributed by atoms with E-state index in [1.807, 2.05) is 12.1 Å². The van der Waals surface area contributed by atoms with Gasteiger partial charge < -0.3 is 11.1 Å². The third-order valence-corrected chi connectivity index (χ3v) is 3.43. The second-order valence-electron chi connectivity index (χ2n) is 5.38. The summed E-state index contributed by atoms with van der Waals surface area (Å²) < 4.78 is 12.8. The molecule has 1 rings (SSSR count). The molecule has 3 heteroatoms. The highest BCUT2D eigenvalue weighted by molar-refractivity contribution is 5.16. The number of hydrogen-bond donors (Lipinski definition) is 2. The zero-order valence-corrected chi connectivity index (χ0v) is 11.6. The van der Waals surface area contributed by atoms with E-state index in [1.54, 1.807) is 0 Å². The quantitative estimate of drug-likeness (QED) is 0.782. The molecule has 0 fully saturated rings. The predicted molar refractivity (Wildman–Crippen MR) is 75.0 cm³/mol. The lowest BCUT2D eigenvalue weighted by atomic mass is 9.95. The minimum Gasteiger partial charge on any atom is -0.330 e. The molecule has 18 heavy (non-hydrogen) atoms. The van der Waals surface area contributed by atoms with Crippen LogP contribution < -0.4 is 11.1 Å². The molecule has 0 amide bonds. The third-order valence-electron chi connectivity index (χ3n) is 3.43. The van der Waals surface area contributed by atoms with Crippen molar-refractivity contribution in [3.05, 3.63) is 35.6 Å². The molecular weight excluding hydrogens is 227 g/mol. The number of benzene rings is 1. The summed E-state index contributed by atoms with van der Waals surface area (Å²) >= 11 is 0. The highest BCUT2D eigenvalue weighted by Gasteiger charge is 2.12. The van der Waals surface area contributed by atoms with Crippen molar-refractivity contribution in [1.82, 2.24) is 5.32 Å². The summed E-state index contributed by atoms with van der Waals surface area (Å²) in [4.78, 5) is 0. The van der Waals surface area contributed by atoms with Crippen LogP contribution in [0.25, 0.3) is 0 Å². The Morgan fingerprint density at radius 2 is 1.78 bits per heavy atom. The number of rotatable bonds is 7. The van der Waals surface area contributed by atoms with Gasteiger partial charge in [0.1, 0.15) is 5.82 Å². The fraction of sp³-hybridized carbons (Fsp3) is 0.600. The van der Waals surface area contributed by atoms with Crippen molar-refractivity contribution in [3.8, 4) is 0 Å². The van der Waals surface area contributed by atoms with E-state index in [4.69, 9.17) is 5.73 Å². The lowest BCUT2D eigenvalue weighted by molar-refractivity contribution is 0.354. The molecule has 0 radical (unpaired) electrons. The topological polar surface area (TPSA) is 38.0 Å². The van der Waals surface area contributed by atoms with Crippen molar-refractivity contribution in [3.63, 3.8) is 0 Å². The van der Waals surface area contributed by atoms with Crippen LogP contribution in [0.4, 0.5) is 4.39 Å². The molecular formula is C15H25FN2. The van der Waals surface area contributed by atoms with Crippen molar-refractivity contribution in [1.29, 1.82) is 0 Å². The first-order valence-corrected chi connectivity index (χ1v) is 6.70. The van der Waals surface area contributed by atoms with Crippen LogP contribution in [0.5, 0.6) is 0 Å². The standard InChI is InChI=1S/C15H25FN2/c1-11(2)14(9-17)10-18-12(3)8-13-4-6-15(16)7-5-13/h4-7,11-12,14,18H,8-10,17H2,1-3H3. The normalized spacial score (nSPS) is 14.8. The maximum Gasteiger partial charge on any atom is 0.123 e. The first kappa shape index (κ1) is 15.1. The summed E-state index contributed by atoms with van der Waals surface area (Å²) in [5.74, 6) is 0.934. The van der Waals surface area contributed by atoms with Gasteiger partial charge in [0, 0.05) is 6.04 Å². The van der Waals surface area contributed by atoms with E-state index >= 15 is 0 Å². The molecule has 3 N–H and O–H groups in total. The van der Waals surface area contributed by atoms with Crippen LogP contribution in [-0.4, -0.2) is 19.1 Å². The number of nitrogens with two attached hydrogens (primary N) is 1. The number of halogens is 1. The molecule has 2 atom stereocenters. The Bertz CT molecular complexity index is 335. The Labute approximate surface area is 110 Å². The molecule has 0 aliphatic heterocycles. The fourth-order valence-corrected chi connectivity index (χ4v) is 1.99. The zero-order valence-electron chi connectivity index (χ0n) is 11.6. The molecule has 0 heterocycles. The molecule has 0 spiro atoms. The van der Waals surface area contributed by atoms with Crippen molar-refractivity contribution in [2.45, 2.75) is 33.2 Å². The van der Waals surface area contributed by atoms with Gasteiger partial charge in [0.15, 0.2) is 0 Å². The fourth-order valence-electron chi connectivity index (χ4n) is 1.99. The van der Waals surface area contributed by atoms with Crippen molar-refractivity contribution in [2.75, 3.05) is 13.1 Å². The number of hydrogen-bond acceptors (Lipinski definition) is 2. The van der Waals surface area contributed by atoms with E-state index in [2.05, 4.69) is 26.1 Å². The van der Waals surface area contributed by atoms with Crippen LogP contribution in [0.15, 0.2) is 24.3 Å². The summed E-state index contributed by atoms with van der Waals surface area (Å²) in [5.41, 5.74) is 6.91. The minimum atomic E-state index is -0.178. The average molecular weight is 252 g/mol. The third kappa shape index (κ3) is 5.15. The number of nitrogens with one attached hydrogen (secondary N) is 1. The molecule has 2 nitrogen and oxygen atoms in total. The molecule has 0 aliphatic rings. The van der Waals surface area contributed by atoms with Crippen molar-refractivity contribution >= 4 is 0 Å². The maximum absolute atomic E-state index is 12.8. The van der Waals surface area contributed by atoms with Gasteiger partial charge >= 0.3 is 0 Å². The van der Waals surface area contributed by atoms with E-state index in [-0.39, 0.29) is 5.82 Å². The molecule has 0 saturated carbocycles. The molecule has 1 aromatic carbocycles. The van der Waals surface area contributed by atoms with Crippen LogP contribution in [0.2, 0.25) is 0 Å². The van der Waals surface area contributed by atoms with Crippen molar-refractivity contribution in [2.24, 2.45) is 17.6 Å². The van der Waals surface area contributed by atoms with Gasteiger partial charge in [-0.15, -0.1) is 0 Å². The Kier molecular flexibility index (Phi) is 6.30. The van der Waals surface area contributed by atoms with Crippen LogP contribution in [-0.2, 0) is 6.42 Å². The van der Waals surface area contributed by atoms with E-state index in [1.165, 1.54) is 12.1 Å². The van der Waals surface area contributed by atoms with Gasteiger partial charge in [-0.05, 0) is 56.0 Å². The van der Waals surface area contributed by atoms with E-state index < -0.39 is 0 Å². The second kappa shape index (κ2) is 7.49. The lowest BCUT2D eigenvalue weighted by Gasteiger charge is -2.22. The molecule has 102 valence electrons. The Balaban J connectivity index is 2.37. The van der Waals surface area contributed by atoms with Gasteiger partial charge in [0.2, 0.25) is 0 Å². The first-order chi connectivity index (χ1) is 8.52. The maximum atomic E-state index is 12.8. The van der Waals surface area contributed by atoms with Gasteiger partial charge in [-0.25, -0.2) is 4.39 Å². The molecule has 0 saturated heterocycles. The van der Waals surface area contributed by atoms with Gasteiger partial charge in [-0.3, -0.25) is 0 Å². The first-order valence-electron chi connectivity index (χ1n) is 6.70. The van der Waals surface area contributed by atoms with Gasteiger partial charge in [0.25, 0.3) is 0 Å². The van der Waals surface area contributed by atoms with Crippen LogP contribution in [0.1, 0.15) is 26.3 Å². The van der Waals surface area contributed by atoms with Gasteiger partial charge in [-0.2, -0.15) is 0 Å². The van der Waals surface area contributed by atoms with Gasteiger partial charge in [-0.1, -0.05) is 26.0 Å². The average Bonchev–Trinajstić information content (AvgIpc) is 2.32. The highest BCUT2D eigenvalue weighted by Crippen LogP contribution is 2.09. The Morgan fingerprint density at radius 1 is 1.17 bits per heavy atom. The summed E-state index contributed by atoms with van der Waals surface area (Å²) in [6, 6.07) is 7.09. The predicted octanol–water partition coefficient (Wildman–Crippen LogP) is 2.58. The molecule has 1 aromatic rings. The zero-order chi connectivity index (χ0) is 13.5. The van der Waals surface area contributed by atoms with Crippen LogP contribution >= 0.6 is 0 Å². The van der Waals surface area contributed by atoms with Crippen LogP contribution in [0, 0.1) is 17.7 Å². The largest absolute Gasteiger partial charge is 0.330 e. The lowest BCUT2D eigenvalue weighted by Crippen LogP contribution is -2.37. The summed E-state index contributed by atoms with van der Waals surface area (Å²) in [6.07, 6.45) is 0.912. The second-order valence-corrected chi connectivity index (χ2v) is 5.38. The summed E-state index contributed by atoms with van der Waals surface area (Å²) in [5, 5.41) is 3.50. The van der Waals surface area contributed by atoms with E-state index in [0.717, 1.165) is 18.5 Å². The molecule has 0 aliphatic carbocycles. The monoisotopic (exact) mass is 252 g/mol.